The summed E-state index contributed by atoms with van der Waals surface area (Å²) < 4.78 is 3.29. The molecule has 2 aromatic carbocycles. The molecule has 0 aliphatic carbocycles. The van der Waals surface area contributed by atoms with E-state index in [-0.39, 0.29) is 0 Å². The van der Waals surface area contributed by atoms with Crippen LogP contribution in [0.25, 0.3) is 10.9 Å². The molecule has 0 fully saturated rings. The molecule has 1 aromatic heterocycles. The smallest absolute Gasteiger partial charge is 0.0841 e. The molecular formula is C17H12BrN. The van der Waals surface area contributed by atoms with Gasteiger partial charge in [0.05, 0.1) is 6.54 Å². The van der Waals surface area contributed by atoms with Crippen molar-refractivity contribution in [3.63, 3.8) is 0 Å². The number of rotatable bonds is 1. The molecule has 2 heteroatoms. The Bertz CT molecular complexity index is 760. The van der Waals surface area contributed by atoms with Gasteiger partial charge in [0.25, 0.3) is 0 Å². The van der Waals surface area contributed by atoms with Crippen molar-refractivity contribution in [2.75, 3.05) is 0 Å². The second kappa shape index (κ2) is 5.34. The Balaban J connectivity index is 1.87. The predicted octanol–water partition coefficient (Wildman–Crippen LogP) is 4.46. The van der Waals surface area contributed by atoms with E-state index in [0.29, 0.717) is 6.54 Å². The first kappa shape index (κ1) is 12.1. The third-order valence-electron chi connectivity index (χ3n) is 3.02. The highest BCUT2D eigenvalue weighted by molar-refractivity contribution is 9.10. The van der Waals surface area contributed by atoms with E-state index in [1.807, 2.05) is 36.4 Å². The molecule has 0 bridgehead atoms. The Kier molecular flexibility index (Phi) is 3.39. The molecule has 0 atom stereocenters. The molecule has 3 rings (SSSR count). The highest BCUT2D eigenvalue weighted by atomic mass is 79.9. The second-order valence-electron chi connectivity index (χ2n) is 4.28. The van der Waals surface area contributed by atoms with Crippen LogP contribution in [-0.2, 0) is 6.54 Å². The first-order valence-electron chi connectivity index (χ1n) is 6.12. The third-order valence-corrected chi connectivity index (χ3v) is 3.71. The van der Waals surface area contributed by atoms with Gasteiger partial charge in [-0.3, -0.25) is 0 Å². The van der Waals surface area contributed by atoms with Crippen molar-refractivity contribution in [2.45, 2.75) is 6.54 Å². The van der Waals surface area contributed by atoms with Crippen LogP contribution in [0.15, 0.2) is 65.3 Å². The maximum absolute atomic E-state index is 3.57. The molecular weight excluding hydrogens is 298 g/mol. The van der Waals surface area contributed by atoms with Crippen LogP contribution in [0.2, 0.25) is 0 Å². The Morgan fingerprint density at radius 2 is 1.79 bits per heavy atom. The fraction of sp³-hybridized carbons (Fsp3) is 0.0588. The van der Waals surface area contributed by atoms with Crippen LogP contribution in [0.1, 0.15) is 5.56 Å². The van der Waals surface area contributed by atoms with Gasteiger partial charge in [0.15, 0.2) is 0 Å². The van der Waals surface area contributed by atoms with Crippen molar-refractivity contribution >= 4 is 26.8 Å². The van der Waals surface area contributed by atoms with Crippen molar-refractivity contribution in [3.8, 4) is 11.8 Å². The lowest BCUT2D eigenvalue weighted by Gasteiger charge is -2.00. The van der Waals surface area contributed by atoms with Crippen molar-refractivity contribution in [1.29, 1.82) is 0 Å². The van der Waals surface area contributed by atoms with E-state index in [4.69, 9.17) is 0 Å². The van der Waals surface area contributed by atoms with Crippen LogP contribution in [0, 0.1) is 11.8 Å². The van der Waals surface area contributed by atoms with E-state index >= 15 is 0 Å². The summed E-state index contributed by atoms with van der Waals surface area (Å²) in [4.78, 5) is 0. The zero-order valence-electron chi connectivity index (χ0n) is 10.3. The van der Waals surface area contributed by atoms with Crippen molar-refractivity contribution < 1.29 is 0 Å². The molecule has 0 unspecified atom stereocenters. The topological polar surface area (TPSA) is 4.93 Å². The lowest BCUT2D eigenvalue weighted by Crippen LogP contribution is -1.92. The van der Waals surface area contributed by atoms with Gasteiger partial charge >= 0.3 is 0 Å². The quantitative estimate of drug-likeness (QED) is 0.585. The van der Waals surface area contributed by atoms with E-state index in [2.05, 4.69) is 56.7 Å². The molecule has 0 aliphatic rings. The highest BCUT2D eigenvalue weighted by Crippen LogP contribution is 2.24. The minimum Gasteiger partial charge on any atom is -0.336 e. The monoisotopic (exact) mass is 309 g/mol. The zero-order valence-corrected chi connectivity index (χ0v) is 11.9. The Morgan fingerprint density at radius 3 is 2.63 bits per heavy atom. The second-order valence-corrected chi connectivity index (χ2v) is 5.14. The number of benzene rings is 2. The lowest BCUT2D eigenvalue weighted by molar-refractivity contribution is 0.886. The average Bonchev–Trinajstić information content (AvgIpc) is 2.85. The molecule has 92 valence electrons. The fourth-order valence-electron chi connectivity index (χ4n) is 2.07. The van der Waals surface area contributed by atoms with Gasteiger partial charge in [-0.25, -0.2) is 0 Å². The number of aromatic nitrogens is 1. The van der Waals surface area contributed by atoms with Crippen molar-refractivity contribution in [2.24, 2.45) is 0 Å². The molecule has 0 radical (unpaired) electrons. The van der Waals surface area contributed by atoms with Crippen LogP contribution in [0.4, 0.5) is 0 Å². The molecule has 0 spiro atoms. The van der Waals surface area contributed by atoms with Gasteiger partial charge in [0, 0.05) is 27.1 Å². The summed E-state index contributed by atoms with van der Waals surface area (Å²) in [5.41, 5.74) is 2.26. The van der Waals surface area contributed by atoms with Gasteiger partial charge in [-0.15, -0.1) is 0 Å². The Morgan fingerprint density at radius 1 is 0.947 bits per heavy atom. The van der Waals surface area contributed by atoms with Gasteiger partial charge in [-0.2, -0.15) is 0 Å². The van der Waals surface area contributed by atoms with Crippen molar-refractivity contribution in [1.82, 2.24) is 4.57 Å². The van der Waals surface area contributed by atoms with Gasteiger partial charge in [-0.1, -0.05) is 52.0 Å². The van der Waals surface area contributed by atoms with Crippen LogP contribution in [0.3, 0.4) is 0 Å². The summed E-state index contributed by atoms with van der Waals surface area (Å²) in [5.74, 6) is 6.39. The SMILES string of the molecule is Brc1cccc2c1ccn2CC#Cc1ccccc1. The summed E-state index contributed by atoms with van der Waals surface area (Å²) >= 11 is 3.57. The maximum atomic E-state index is 3.57. The maximum Gasteiger partial charge on any atom is 0.0841 e. The molecule has 19 heavy (non-hydrogen) atoms. The van der Waals surface area contributed by atoms with Crippen LogP contribution >= 0.6 is 15.9 Å². The third kappa shape index (κ3) is 2.57. The number of nitrogens with zero attached hydrogens (tertiary/aromatic N) is 1. The summed E-state index contributed by atoms with van der Waals surface area (Å²) in [5, 5.41) is 1.23. The summed E-state index contributed by atoms with van der Waals surface area (Å²) in [7, 11) is 0. The molecule has 1 nitrogen and oxygen atoms in total. The van der Waals surface area contributed by atoms with Gasteiger partial charge < -0.3 is 4.57 Å². The number of hydrogen-bond acceptors (Lipinski definition) is 0. The summed E-state index contributed by atoms with van der Waals surface area (Å²) in [6.07, 6.45) is 2.08. The van der Waals surface area contributed by atoms with Crippen LogP contribution in [-0.4, -0.2) is 4.57 Å². The van der Waals surface area contributed by atoms with Crippen LogP contribution < -0.4 is 0 Å². The minimum absolute atomic E-state index is 0.703. The highest BCUT2D eigenvalue weighted by Gasteiger charge is 2.01. The Labute approximate surface area is 121 Å². The van der Waals surface area contributed by atoms with E-state index < -0.39 is 0 Å². The first-order valence-corrected chi connectivity index (χ1v) is 6.91. The standard InChI is InChI=1S/C17H12BrN/c18-16-9-4-10-17-15(16)11-13-19(17)12-5-8-14-6-2-1-3-7-14/h1-4,6-7,9-11,13H,12H2. The van der Waals surface area contributed by atoms with Gasteiger partial charge in [0.2, 0.25) is 0 Å². The largest absolute Gasteiger partial charge is 0.336 e. The molecule has 3 aromatic rings. The predicted molar refractivity (Wildman–Crippen MR) is 83.0 cm³/mol. The summed E-state index contributed by atoms with van der Waals surface area (Å²) in [6.45, 7) is 0.703. The minimum atomic E-state index is 0.703. The fourth-order valence-corrected chi connectivity index (χ4v) is 2.56. The average molecular weight is 310 g/mol. The van der Waals surface area contributed by atoms with E-state index in [9.17, 15) is 0 Å². The Hall–Kier alpha value is -1.98. The lowest BCUT2D eigenvalue weighted by atomic mass is 10.2. The molecule has 0 saturated carbocycles. The summed E-state index contributed by atoms with van der Waals surface area (Å²) in [6, 6.07) is 18.4. The molecule has 1 heterocycles. The normalized spacial score (nSPS) is 10.2. The van der Waals surface area contributed by atoms with Crippen LogP contribution in [0.5, 0.6) is 0 Å². The molecule has 0 saturated heterocycles. The first-order chi connectivity index (χ1) is 9.34. The van der Waals surface area contributed by atoms with Gasteiger partial charge in [0.1, 0.15) is 0 Å². The number of hydrogen-bond donors (Lipinski definition) is 0. The van der Waals surface area contributed by atoms with E-state index in [1.165, 1.54) is 10.9 Å². The zero-order chi connectivity index (χ0) is 13.1. The number of halogens is 1. The van der Waals surface area contributed by atoms with E-state index in [1.54, 1.807) is 0 Å². The van der Waals surface area contributed by atoms with Crippen molar-refractivity contribution in [3.05, 3.63) is 70.8 Å². The van der Waals surface area contributed by atoms with E-state index in [0.717, 1.165) is 10.0 Å². The molecule has 0 amide bonds. The number of fused-ring (bicyclic) bond motifs is 1. The molecule has 0 N–H and O–H groups in total. The van der Waals surface area contributed by atoms with Gasteiger partial charge in [-0.05, 0) is 30.3 Å². The molecule has 0 aliphatic heterocycles.